The van der Waals surface area contributed by atoms with Crippen LogP contribution in [0.5, 0.6) is 0 Å². The number of carboxylic acids is 2. The zero-order valence-electron chi connectivity index (χ0n) is 9.39. The van der Waals surface area contributed by atoms with Crippen molar-refractivity contribution in [3.05, 3.63) is 0 Å². The lowest BCUT2D eigenvalue weighted by molar-refractivity contribution is -0.139. The van der Waals surface area contributed by atoms with Crippen molar-refractivity contribution in [2.45, 2.75) is 32.2 Å². The molecule has 5 nitrogen and oxygen atoms in total. The van der Waals surface area contributed by atoms with Gasteiger partial charge in [0.15, 0.2) is 0 Å². The molecule has 16 heavy (non-hydrogen) atoms. The maximum atomic E-state index is 10.4. The van der Waals surface area contributed by atoms with Crippen LogP contribution in [0.25, 0.3) is 0 Å². The van der Waals surface area contributed by atoms with E-state index in [0.717, 1.165) is 12.2 Å². The summed E-state index contributed by atoms with van der Waals surface area (Å²) in [4.78, 5) is 20.8. The van der Waals surface area contributed by atoms with E-state index in [1.807, 2.05) is 6.92 Å². The second-order valence-corrected chi connectivity index (χ2v) is 5.06. The van der Waals surface area contributed by atoms with E-state index >= 15 is 0 Å². The lowest BCUT2D eigenvalue weighted by Gasteiger charge is -2.09. The summed E-state index contributed by atoms with van der Waals surface area (Å²) in [7, 11) is 0. The SMILES string of the molecule is CC(CCSCC[C@@H](N)C(=O)O)CC(=O)O. The number of carboxylic acid groups (broad SMARTS) is 2. The van der Waals surface area contributed by atoms with E-state index in [1.54, 1.807) is 11.8 Å². The van der Waals surface area contributed by atoms with Gasteiger partial charge in [0.25, 0.3) is 0 Å². The molecule has 6 heteroatoms. The largest absolute Gasteiger partial charge is 0.481 e. The van der Waals surface area contributed by atoms with E-state index in [2.05, 4.69) is 0 Å². The Kier molecular flexibility index (Phi) is 8.01. The molecule has 0 saturated carbocycles. The smallest absolute Gasteiger partial charge is 0.320 e. The zero-order chi connectivity index (χ0) is 12.6. The maximum absolute atomic E-state index is 10.4. The summed E-state index contributed by atoms with van der Waals surface area (Å²) in [5.41, 5.74) is 5.33. The van der Waals surface area contributed by atoms with Crippen molar-refractivity contribution >= 4 is 23.7 Å². The fraction of sp³-hybridized carbons (Fsp3) is 0.800. The molecule has 0 amide bonds. The monoisotopic (exact) mass is 249 g/mol. The highest BCUT2D eigenvalue weighted by Gasteiger charge is 2.11. The van der Waals surface area contributed by atoms with Gasteiger partial charge >= 0.3 is 11.9 Å². The van der Waals surface area contributed by atoms with Crippen molar-refractivity contribution in [3.8, 4) is 0 Å². The van der Waals surface area contributed by atoms with Crippen molar-refractivity contribution in [2.75, 3.05) is 11.5 Å². The van der Waals surface area contributed by atoms with Crippen LogP contribution in [0.3, 0.4) is 0 Å². The minimum atomic E-state index is -0.972. The molecule has 0 aliphatic carbocycles. The van der Waals surface area contributed by atoms with Crippen LogP contribution in [0.15, 0.2) is 0 Å². The highest BCUT2D eigenvalue weighted by molar-refractivity contribution is 7.99. The minimum Gasteiger partial charge on any atom is -0.481 e. The fourth-order valence-corrected chi connectivity index (χ4v) is 2.31. The minimum absolute atomic E-state index is 0.165. The first-order valence-corrected chi connectivity index (χ1v) is 6.37. The predicted molar refractivity (Wildman–Crippen MR) is 63.6 cm³/mol. The van der Waals surface area contributed by atoms with Crippen molar-refractivity contribution in [1.82, 2.24) is 0 Å². The second-order valence-electron chi connectivity index (χ2n) is 3.84. The number of nitrogens with two attached hydrogens (primary N) is 1. The Morgan fingerprint density at radius 2 is 1.81 bits per heavy atom. The molecule has 0 aromatic heterocycles. The van der Waals surface area contributed by atoms with E-state index in [4.69, 9.17) is 15.9 Å². The van der Waals surface area contributed by atoms with Gasteiger partial charge in [0.05, 0.1) is 0 Å². The number of rotatable bonds is 9. The Morgan fingerprint density at radius 3 is 2.31 bits per heavy atom. The molecular formula is C10H19NO4S. The second kappa shape index (κ2) is 8.41. The maximum Gasteiger partial charge on any atom is 0.320 e. The van der Waals surface area contributed by atoms with E-state index in [-0.39, 0.29) is 12.3 Å². The van der Waals surface area contributed by atoms with E-state index in [1.165, 1.54) is 0 Å². The number of hydrogen-bond acceptors (Lipinski definition) is 4. The summed E-state index contributed by atoms with van der Waals surface area (Å²) in [6.07, 6.45) is 1.47. The highest BCUT2D eigenvalue weighted by atomic mass is 32.2. The molecule has 0 rings (SSSR count). The average Bonchev–Trinajstić information content (AvgIpc) is 2.15. The van der Waals surface area contributed by atoms with Gasteiger partial charge in [-0.25, -0.2) is 0 Å². The van der Waals surface area contributed by atoms with Crippen molar-refractivity contribution < 1.29 is 19.8 Å². The van der Waals surface area contributed by atoms with E-state index in [9.17, 15) is 9.59 Å². The molecule has 0 bridgehead atoms. The lowest BCUT2D eigenvalue weighted by Crippen LogP contribution is -2.30. The van der Waals surface area contributed by atoms with E-state index in [0.29, 0.717) is 12.2 Å². The summed E-state index contributed by atoms with van der Waals surface area (Å²) in [5, 5.41) is 17.1. The van der Waals surface area contributed by atoms with Crippen LogP contribution >= 0.6 is 11.8 Å². The van der Waals surface area contributed by atoms with Gasteiger partial charge in [-0.05, 0) is 30.3 Å². The van der Waals surface area contributed by atoms with Crippen LogP contribution in [-0.4, -0.2) is 39.7 Å². The zero-order valence-corrected chi connectivity index (χ0v) is 10.2. The van der Waals surface area contributed by atoms with Gasteiger partial charge in [-0.3, -0.25) is 9.59 Å². The van der Waals surface area contributed by atoms with Crippen LogP contribution in [0, 0.1) is 5.92 Å². The van der Waals surface area contributed by atoms with Crippen LogP contribution < -0.4 is 5.73 Å². The summed E-state index contributed by atoms with van der Waals surface area (Å²) in [6, 6.07) is -0.788. The lowest BCUT2D eigenvalue weighted by atomic mass is 10.1. The van der Waals surface area contributed by atoms with Crippen LogP contribution in [0.1, 0.15) is 26.2 Å². The van der Waals surface area contributed by atoms with Crippen molar-refractivity contribution in [1.29, 1.82) is 0 Å². The molecule has 2 atom stereocenters. The Balaban J connectivity index is 3.39. The van der Waals surface area contributed by atoms with Gasteiger partial charge in [-0.2, -0.15) is 11.8 Å². The quantitative estimate of drug-likeness (QED) is 0.527. The third-order valence-corrected chi connectivity index (χ3v) is 3.22. The topological polar surface area (TPSA) is 101 Å². The molecule has 94 valence electrons. The van der Waals surface area contributed by atoms with Gasteiger partial charge in [-0.15, -0.1) is 0 Å². The predicted octanol–water partition coefficient (Wildman–Crippen LogP) is 1.02. The van der Waals surface area contributed by atoms with E-state index < -0.39 is 18.0 Å². The number of thioether (sulfide) groups is 1. The first kappa shape index (κ1) is 15.2. The molecule has 0 heterocycles. The summed E-state index contributed by atoms with van der Waals surface area (Å²) < 4.78 is 0. The molecule has 1 unspecified atom stereocenters. The Labute approximate surface area is 99.4 Å². The fourth-order valence-electron chi connectivity index (χ4n) is 1.12. The van der Waals surface area contributed by atoms with Gasteiger partial charge in [0, 0.05) is 6.42 Å². The summed E-state index contributed by atoms with van der Waals surface area (Å²) in [6.45, 7) is 1.90. The van der Waals surface area contributed by atoms with Crippen LogP contribution in [-0.2, 0) is 9.59 Å². The number of hydrogen-bond donors (Lipinski definition) is 3. The van der Waals surface area contributed by atoms with Crippen molar-refractivity contribution in [3.63, 3.8) is 0 Å². The Morgan fingerprint density at radius 1 is 1.25 bits per heavy atom. The molecule has 0 saturated heterocycles. The number of aliphatic carboxylic acids is 2. The van der Waals surface area contributed by atoms with Gasteiger partial charge in [0.2, 0.25) is 0 Å². The van der Waals surface area contributed by atoms with Gasteiger partial charge in [0.1, 0.15) is 6.04 Å². The standard InChI is InChI=1S/C10H19NO4S/c1-7(6-9(12)13)2-4-16-5-3-8(11)10(14)15/h7-8H,2-6,11H2,1H3,(H,12,13)(H,14,15)/t7?,8-/m1/s1. The Hall–Kier alpha value is -0.750. The molecule has 0 spiro atoms. The molecule has 0 fully saturated rings. The molecule has 0 aliphatic heterocycles. The van der Waals surface area contributed by atoms with Crippen molar-refractivity contribution in [2.24, 2.45) is 11.7 Å². The molecule has 0 aromatic carbocycles. The molecule has 0 aromatic rings. The Bertz CT molecular complexity index is 235. The molecular weight excluding hydrogens is 230 g/mol. The number of carbonyl (C=O) groups is 2. The molecule has 0 aliphatic rings. The summed E-state index contributed by atoms with van der Waals surface area (Å²) >= 11 is 1.62. The van der Waals surface area contributed by atoms with Crippen LogP contribution in [0.2, 0.25) is 0 Å². The molecule has 4 N–H and O–H groups in total. The molecule has 0 radical (unpaired) electrons. The summed E-state index contributed by atoms with van der Waals surface area (Å²) in [5.74, 6) is -0.0305. The van der Waals surface area contributed by atoms with Gasteiger partial charge < -0.3 is 15.9 Å². The van der Waals surface area contributed by atoms with Crippen LogP contribution in [0.4, 0.5) is 0 Å². The average molecular weight is 249 g/mol. The normalized spacial score (nSPS) is 14.4. The third kappa shape index (κ3) is 8.55. The third-order valence-electron chi connectivity index (χ3n) is 2.17. The first-order chi connectivity index (χ1) is 7.43. The van der Waals surface area contributed by atoms with Gasteiger partial charge in [-0.1, -0.05) is 6.92 Å². The first-order valence-electron chi connectivity index (χ1n) is 5.21. The highest BCUT2D eigenvalue weighted by Crippen LogP contribution is 2.13.